The van der Waals surface area contributed by atoms with E-state index in [1.807, 2.05) is 12.1 Å². The zero-order chi connectivity index (χ0) is 26.3. The average molecular weight is 577 g/mol. The minimum Gasteiger partial charge on any atom is -1.00 e. The summed E-state index contributed by atoms with van der Waals surface area (Å²) in [6.45, 7) is 4.05. The molecular formula is C30H42BrNO5. The number of nitrogens with zero attached hydrogens (tertiary/aromatic N) is 1. The minimum absolute atomic E-state index is 0. The first-order valence-corrected chi connectivity index (χ1v) is 13.1. The fourth-order valence-electron chi connectivity index (χ4n) is 5.14. The van der Waals surface area contributed by atoms with Crippen LogP contribution in [0.4, 0.5) is 0 Å². The number of ether oxygens (including phenoxy) is 3. The molecule has 0 saturated carbocycles. The topological polar surface area (TPSA) is 61.8 Å². The molecule has 2 aromatic rings. The largest absolute Gasteiger partial charge is 1.00 e. The normalized spacial score (nSPS) is 12.5. The van der Waals surface area contributed by atoms with E-state index < -0.39 is 0 Å². The molecule has 0 saturated heterocycles. The molecule has 0 aromatic heterocycles. The molecule has 0 aliphatic heterocycles. The van der Waals surface area contributed by atoms with E-state index >= 15 is 0 Å². The van der Waals surface area contributed by atoms with Crippen molar-refractivity contribution in [3.05, 3.63) is 52.1 Å². The molecular weight excluding hydrogens is 534 g/mol. The van der Waals surface area contributed by atoms with Gasteiger partial charge in [0.05, 0.1) is 53.1 Å². The highest BCUT2D eigenvalue weighted by Gasteiger charge is 2.36. The van der Waals surface area contributed by atoms with Gasteiger partial charge in [-0.2, -0.15) is 0 Å². The monoisotopic (exact) mass is 575 g/mol. The maximum absolute atomic E-state index is 13.6. The van der Waals surface area contributed by atoms with Crippen molar-refractivity contribution in [3.63, 3.8) is 0 Å². The highest BCUT2D eigenvalue weighted by atomic mass is 79.9. The van der Waals surface area contributed by atoms with Gasteiger partial charge in [-0.1, -0.05) is 45.4 Å². The molecule has 0 radical (unpaired) electrons. The third-order valence-electron chi connectivity index (χ3n) is 7.08. The number of benzene rings is 2. The molecule has 0 spiro atoms. The van der Waals surface area contributed by atoms with Crippen molar-refractivity contribution in [1.29, 1.82) is 0 Å². The van der Waals surface area contributed by atoms with E-state index in [-0.39, 0.29) is 34.1 Å². The second-order valence-electron chi connectivity index (χ2n) is 10.4. The summed E-state index contributed by atoms with van der Waals surface area (Å²) in [6.07, 6.45) is 10.4. The molecule has 37 heavy (non-hydrogen) atoms. The first kappa shape index (κ1) is 30.8. The number of carbonyl (C=O) groups excluding carboxylic acids is 2. The number of hydrogen-bond donors (Lipinski definition) is 0. The first-order valence-electron chi connectivity index (χ1n) is 13.1. The summed E-state index contributed by atoms with van der Waals surface area (Å²) in [5, 5.41) is 0. The number of fused-ring (bicyclic) bond motifs is 2. The molecule has 0 fully saturated rings. The van der Waals surface area contributed by atoms with Crippen LogP contribution in [0.1, 0.15) is 95.7 Å². The zero-order valence-corrected chi connectivity index (χ0v) is 24.8. The first-order chi connectivity index (χ1) is 17.3. The second-order valence-corrected chi connectivity index (χ2v) is 10.4. The number of unbranched alkanes of at least 4 members (excludes halogenated alkanes) is 7. The number of rotatable bonds is 14. The number of methoxy groups -OCH3 is 3. The summed E-state index contributed by atoms with van der Waals surface area (Å²) in [6, 6.07) is 7.00. The standard InChI is InChI=1S/C30H42NO5.BrH/c1-7-8-9-10-11-12-13-14-15-31(2,3)20-21-16-23-27(25(17-21)35-5)30(33)28-24(29(23)32)18-22(34-4)19-26(28)36-6;/h16-19H,7-15,20H2,1-6H3;1H/q+1;/p-1. The predicted octanol–water partition coefficient (Wildman–Crippen LogP) is 3.21. The Labute approximate surface area is 232 Å². The smallest absolute Gasteiger partial charge is 0.201 e. The molecule has 6 nitrogen and oxygen atoms in total. The summed E-state index contributed by atoms with van der Waals surface area (Å²) >= 11 is 0. The summed E-state index contributed by atoms with van der Waals surface area (Å²) in [4.78, 5) is 27.1. The quantitative estimate of drug-likeness (QED) is 0.218. The van der Waals surface area contributed by atoms with Gasteiger partial charge in [-0.15, -0.1) is 0 Å². The number of halogens is 1. The van der Waals surface area contributed by atoms with Gasteiger partial charge >= 0.3 is 0 Å². The molecule has 0 amide bonds. The molecule has 1 aliphatic rings. The van der Waals surface area contributed by atoms with Gasteiger partial charge in [0.1, 0.15) is 23.8 Å². The second kappa shape index (κ2) is 14.0. The van der Waals surface area contributed by atoms with Crippen LogP contribution in [0.5, 0.6) is 17.2 Å². The Bertz CT molecular complexity index is 1100. The van der Waals surface area contributed by atoms with Crippen molar-refractivity contribution in [2.45, 2.75) is 64.8 Å². The Morgan fingerprint density at radius 1 is 0.676 bits per heavy atom. The van der Waals surface area contributed by atoms with Crippen LogP contribution in [0.3, 0.4) is 0 Å². The van der Waals surface area contributed by atoms with Crippen molar-refractivity contribution >= 4 is 11.6 Å². The Balaban J connectivity index is 0.00000481. The van der Waals surface area contributed by atoms with E-state index in [4.69, 9.17) is 14.2 Å². The number of quaternary nitrogens is 1. The highest BCUT2D eigenvalue weighted by molar-refractivity contribution is 6.30. The molecule has 0 unspecified atom stereocenters. The van der Waals surface area contributed by atoms with Gasteiger partial charge in [-0.3, -0.25) is 9.59 Å². The van der Waals surface area contributed by atoms with Gasteiger partial charge in [0.25, 0.3) is 0 Å². The van der Waals surface area contributed by atoms with Gasteiger partial charge in [-0.25, -0.2) is 0 Å². The van der Waals surface area contributed by atoms with Crippen LogP contribution in [-0.4, -0.2) is 58.0 Å². The van der Waals surface area contributed by atoms with Gasteiger partial charge in [0.15, 0.2) is 5.78 Å². The fourth-order valence-corrected chi connectivity index (χ4v) is 5.14. The Morgan fingerprint density at radius 3 is 1.78 bits per heavy atom. The van der Waals surface area contributed by atoms with Gasteiger partial charge in [-0.05, 0) is 31.0 Å². The number of ketones is 2. The Morgan fingerprint density at radius 2 is 1.22 bits per heavy atom. The van der Waals surface area contributed by atoms with Crippen molar-refractivity contribution in [2.24, 2.45) is 0 Å². The van der Waals surface area contributed by atoms with E-state index in [1.165, 1.54) is 65.6 Å². The zero-order valence-electron chi connectivity index (χ0n) is 23.2. The molecule has 204 valence electrons. The summed E-state index contributed by atoms with van der Waals surface area (Å²) in [5.41, 5.74) is 2.22. The molecule has 1 aliphatic carbocycles. The van der Waals surface area contributed by atoms with Crippen molar-refractivity contribution < 1.29 is 45.3 Å². The summed E-state index contributed by atoms with van der Waals surface area (Å²) in [5.74, 6) is 0.737. The third-order valence-corrected chi connectivity index (χ3v) is 7.08. The van der Waals surface area contributed by atoms with Crippen LogP contribution in [0.15, 0.2) is 24.3 Å². The van der Waals surface area contributed by atoms with E-state index in [0.717, 1.165) is 23.1 Å². The summed E-state index contributed by atoms with van der Waals surface area (Å²) in [7, 11) is 8.97. The maximum atomic E-state index is 13.6. The van der Waals surface area contributed by atoms with Crippen LogP contribution in [-0.2, 0) is 6.54 Å². The lowest BCUT2D eigenvalue weighted by molar-refractivity contribution is -0.903. The maximum Gasteiger partial charge on any atom is 0.201 e. The van der Waals surface area contributed by atoms with E-state index in [9.17, 15) is 9.59 Å². The Kier molecular flexibility index (Phi) is 11.6. The predicted molar refractivity (Wildman–Crippen MR) is 143 cm³/mol. The van der Waals surface area contributed by atoms with Crippen molar-refractivity contribution in [3.8, 4) is 17.2 Å². The van der Waals surface area contributed by atoms with Crippen molar-refractivity contribution in [2.75, 3.05) is 42.0 Å². The third kappa shape index (κ3) is 7.35. The van der Waals surface area contributed by atoms with E-state index in [2.05, 4.69) is 21.0 Å². The lowest BCUT2D eigenvalue weighted by atomic mass is 9.82. The van der Waals surface area contributed by atoms with Gasteiger partial charge in [0, 0.05) is 22.8 Å². The van der Waals surface area contributed by atoms with Crippen LogP contribution < -0.4 is 31.2 Å². The van der Waals surface area contributed by atoms with Crippen molar-refractivity contribution in [1.82, 2.24) is 0 Å². The Hall–Kier alpha value is -2.38. The molecule has 2 aromatic carbocycles. The highest BCUT2D eigenvalue weighted by Crippen LogP contribution is 2.40. The van der Waals surface area contributed by atoms with Crippen LogP contribution in [0.25, 0.3) is 0 Å². The fraction of sp³-hybridized carbons (Fsp3) is 0.533. The lowest BCUT2D eigenvalue weighted by Gasteiger charge is -2.31. The van der Waals surface area contributed by atoms with Crippen LogP contribution >= 0.6 is 0 Å². The number of carbonyl (C=O) groups is 2. The number of hydrogen-bond acceptors (Lipinski definition) is 5. The molecule has 0 atom stereocenters. The van der Waals surface area contributed by atoms with Crippen LogP contribution in [0.2, 0.25) is 0 Å². The van der Waals surface area contributed by atoms with Crippen LogP contribution in [0, 0.1) is 0 Å². The average Bonchev–Trinajstić information content (AvgIpc) is 2.87. The molecule has 7 heteroatoms. The molecule has 0 heterocycles. The lowest BCUT2D eigenvalue weighted by Crippen LogP contribution is -3.00. The van der Waals surface area contributed by atoms with Gasteiger partial charge < -0.3 is 35.7 Å². The van der Waals surface area contributed by atoms with E-state index in [0.29, 0.717) is 33.9 Å². The molecule has 0 N–H and O–H groups in total. The minimum atomic E-state index is -0.268. The molecule has 0 bridgehead atoms. The van der Waals surface area contributed by atoms with Gasteiger partial charge in [0.2, 0.25) is 5.78 Å². The summed E-state index contributed by atoms with van der Waals surface area (Å²) < 4.78 is 17.2. The molecule has 3 rings (SSSR count). The SMILES string of the molecule is CCCCCCCCCC[N+](C)(C)Cc1cc(OC)c2c(c1)C(=O)c1cc(OC)cc(OC)c1C2=O.[Br-]. The van der Waals surface area contributed by atoms with E-state index in [1.54, 1.807) is 19.2 Å².